The Morgan fingerprint density at radius 1 is 0.846 bits per heavy atom. The highest BCUT2D eigenvalue weighted by Crippen LogP contribution is 2.10. The molecule has 26 heavy (non-hydrogen) atoms. The van der Waals surface area contributed by atoms with Crippen LogP contribution in [0.4, 0.5) is 20.3 Å². The van der Waals surface area contributed by atoms with Gasteiger partial charge in [-0.15, -0.1) is 10.2 Å². The maximum atomic E-state index is 12.9. The summed E-state index contributed by atoms with van der Waals surface area (Å²) in [6, 6.07) is 14.9. The van der Waals surface area contributed by atoms with Crippen molar-refractivity contribution < 1.29 is 13.6 Å². The van der Waals surface area contributed by atoms with Gasteiger partial charge in [0.05, 0.1) is 0 Å². The standard InChI is InChI=1S/C19H16F2N4O/c20-14-3-1-13(2-4-14)11-12-22-18-10-9-17(24-25-18)19(26)23-16-7-5-15(21)6-8-16/h1-10H,11-12H2,(H,22,25)(H,23,26). The Morgan fingerprint density at radius 2 is 1.50 bits per heavy atom. The van der Waals surface area contributed by atoms with E-state index in [-0.39, 0.29) is 17.3 Å². The van der Waals surface area contributed by atoms with Crippen molar-refractivity contribution in [3.63, 3.8) is 0 Å². The zero-order valence-electron chi connectivity index (χ0n) is 13.7. The number of benzene rings is 2. The molecule has 0 spiro atoms. The van der Waals surface area contributed by atoms with E-state index in [0.29, 0.717) is 24.5 Å². The summed E-state index contributed by atoms with van der Waals surface area (Å²) >= 11 is 0. The minimum absolute atomic E-state index is 0.151. The molecule has 0 atom stereocenters. The molecular weight excluding hydrogens is 338 g/mol. The van der Waals surface area contributed by atoms with Crippen molar-refractivity contribution in [2.75, 3.05) is 17.2 Å². The third kappa shape index (κ3) is 4.83. The Bertz CT molecular complexity index is 866. The third-order valence-electron chi connectivity index (χ3n) is 3.63. The number of amides is 1. The highest BCUT2D eigenvalue weighted by atomic mass is 19.1. The van der Waals surface area contributed by atoms with E-state index >= 15 is 0 Å². The van der Waals surface area contributed by atoms with Crippen molar-refractivity contribution in [2.45, 2.75) is 6.42 Å². The Hall–Kier alpha value is -3.35. The normalized spacial score (nSPS) is 10.4. The number of nitrogens with one attached hydrogen (secondary N) is 2. The lowest BCUT2D eigenvalue weighted by Crippen LogP contribution is -2.15. The predicted octanol–water partition coefficient (Wildman–Crippen LogP) is 3.66. The highest BCUT2D eigenvalue weighted by molar-refractivity contribution is 6.02. The van der Waals surface area contributed by atoms with Gasteiger partial charge in [0.1, 0.15) is 17.5 Å². The van der Waals surface area contributed by atoms with Gasteiger partial charge in [0, 0.05) is 12.2 Å². The maximum absolute atomic E-state index is 12.9. The SMILES string of the molecule is O=C(Nc1ccc(F)cc1)c1ccc(NCCc2ccc(F)cc2)nn1. The molecule has 7 heteroatoms. The lowest BCUT2D eigenvalue weighted by molar-refractivity contribution is 0.102. The number of aromatic nitrogens is 2. The summed E-state index contributed by atoms with van der Waals surface area (Å²) < 4.78 is 25.7. The average Bonchev–Trinajstić information content (AvgIpc) is 2.66. The molecule has 5 nitrogen and oxygen atoms in total. The van der Waals surface area contributed by atoms with Crippen LogP contribution in [-0.2, 0) is 6.42 Å². The van der Waals surface area contributed by atoms with E-state index in [4.69, 9.17) is 0 Å². The molecule has 3 rings (SSSR count). The molecule has 0 aliphatic heterocycles. The van der Waals surface area contributed by atoms with Gasteiger partial charge in [0.2, 0.25) is 0 Å². The first-order valence-corrected chi connectivity index (χ1v) is 7.99. The van der Waals surface area contributed by atoms with Gasteiger partial charge in [-0.3, -0.25) is 4.79 Å². The molecule has 0 saturated carbocycles. The number of hydrogen-bond donors (Lipinski definition) is 2. The third-order valence-corrected chi connectivity index (χ3v) is 3.63. The molecule has 132 valence electrons. The molecule has 2 aromatic carbocycles. The second-order valence-electron chi connectivity index (χ2n) is 5.57. The largest absolute Gasteiger partial charge is 0.368 e. The Kier molecular flexibility index (Phi) is 5.48. The first kappa shape index (κ1) is 17.5. The molecule has 1 aromatic heterocycles. The van der Waals surface area contributed by atoms with Crippen LogP contribution in [0, 0.1) is 11.6 Å². The second kappa shape index (κ2) is 8.15. The van der Waals surface area contributed by atoms with Crippen molar-refractivity contribution in [1.29, 1.82) is 0 Å². The zero-order chi connectivity index (χ0) is 18.4. The average molecular weight is 354 g/mol. The summed E-state index contributed by atoms with van der Waals surface area (Å²) in [5.74, 6) is -0.534. The molecule has 3 aromatic rings. The number of carbonyl (C=O) groups excluding carboxylic acids is 1. The van der Waals surface area contributed by atoms with E-state index in [1.165, 1.54) is 36.4 Å². The van der Waals surface area contributed by atoms with Crippen LogP contribution in [0.5, 0.6) is 0 Å². The summed E-state index contributed by atoms with van der Waals surface area (Å²) in [6.07, 6.45) is 0.703. The lowest BCUT2D eigenvalue weighted by Gasteiger charge is -2.07. The van der Waals surface area contributed by atoms with Crippen molar-refractivity contribution in [3.8, 4) is 0 Å². The topological polar surface area (TPSA) is 66.9 Å². The second-order valence-corrected chi connectivity index (χ2v) is 5.57. The van der Waals surface area contributed by atoms with Crippen LogP contribution in [0.1, 0.15) is 16.1 Å². The molecule has 0 radical (unpaired) electrons. The molecule has 2 N–H and O–H groups in total. The molecule has 1 heterocycles. The number of anilines is 2. The number of halogens is 2. The van der Waals surface area contributed by atoms with E-state index in [2.05, 4.69) is 20.8 Å². The Morgan fingerprint density at radius 3 is 2.12 bits per heavy atom. The molecule has 1 amide bonds. The van der Waals surface area contributed by atoms with Crippen LogP contribution in [-0.4, -0.2) is 22.6 Å². The van der Waals surface area contributed by atoms with Crippen LogP contribution in [0.25, 0.3) is 0 Å². The van der Waals surface area contributed by atoms with Crippen LogP contribution in [0.3, 0.4) is 0 Å². The Labute approximate surface area is 149 Å². The van der Waals surface area contributed by atoms with E-state index in [9.17, 15) is 13.6 Å². The molecule has 0 saturated heterocycles. The van der Waals surface area contributed by atoms with Crippen LogP contribution in [0.2, 0.25) is 0 Å². The Balaban J connectivity index is 1.51. The fourth-order valence-electron chi connectivity index (χ4n) is 2.26. The fraction of sp³-hybridized carbons (Fsp3) is 0.105. The first-order chi connectivity index (χ1) is 12.6. The summed E-state index contributed by atoms with van der Waals surface area (Å²) in [4.78, 5) is 12.1. The van der Waals surface area contributed by atoms with E-state index in [0.717, 1.165) is 5.56 Å². The molecular formula is C19H16F2N4O. The van der Waals surface area contributed by atoms with Gasteiger partial charge in [-0.2, -0.15) is 0 Å². The van der Waals surface area contributed by atoms with Gasteiger partial charge in [0.25, 0.3) is 5.91 Å². The molecule has 0 aliphatic carbocycles. The number of carbonyl (C=O) groups is 1. The smallest absolute Gasteiger partial charge is 0.276 e. The summed E-state index contributed by atoms with van der Waals surface area (Å²) in [5.41, 5.74) is 1.63. The van der Waals surface area contributed by atoms with Crippen LogP contribution < -0.4 is 10.6 Å². The van der Waals surface area contributed by atoms with E-state index in [1.54, 1.807) is 24.3 Å². The quantitative estimate of drug-likeness (QED) is 0.709. The van der Waals surface area contributed by atoms with Gasteiger partial charge in [0.15, 0.2) is 5.69 Å². The monoisotopic (exact) mass is 354 g/mol. The van der Waals surface area contributed by atoms with Crippen molar-refractivity contribution in [1.82, 2.24) is 10.2 Å². The number of hydrogen-bond acceptors (Lipinski definition) is 4. The summed E-state index contributed by atoms with van der Waals surface area (Å²) in [5, 5.41) is 13.5. The first-order valence-electron chi connectivity index (χ1n) is 7.99. The zero-order valence-corrected chi connectivity index (χ0v) is 13.7. The molecule has 0 unspecified atom stereocenters. The van der Waals surface area contributed by atoms with Crippen molar-refractivity contribution in [2.24, 2.45) is 0 Å². The predicted molar refractivity (Wildman–Crippen MR) is 95.0 cm³/mol. The summed E-state index contributed by atoms with van der Waals surface area (Å²) in [7, 11) is 0. The van der Waals surface area contributed by atoms with Gasteiger partial charge >= 0.3 is 0 Å². The van der Waals surface area contributed by atoms with Crippen molar-refractivity contribution >= 4 is 17.4 Å². The highest BCUT2D eigenvalue weighted by Gasteiger charge is 2.08. The molecule has 0 fully saturated rings. The van der Waals surface area contributed by atoms with E-state index < -0.39 is 5.91 Å². The fourth-order valence-corrected chi connectivity index (χ4v) is 2.26. The minimum atomic E-state index is -0.429. The van der Waals surface area contributed by atoms with Crippen molar-refractivity contribution in [3.05, 3.63) is 83.6 Å². The van der Waals surface area contributed by atoms with Gasteiger partial charge in [-0.05, 0) is 60.5 Å². The lowest BCUT2D eigenvalue weighted by atomic mass is 10.1. The number of rotatable bonds is 6. The van der Waals surface area contributed by atoms with Crippen LogP contribution in [0.15, 0.2) is 60.7 Å². The van der Waals surface area contributed by atoms with Gasteiger partial charge < -0.3 is 10.6 Å². The summed E-state index contributed by atoms with van der Waals surface area (Å²) in [6.45, 7) is 0.599. The van der Waals surface area contributed by atoms with Gasteiger partial charge in [-0.25, -0.2) is 8.78 Å². The minimum Gasteiger partial charge on any atom is -0.368 e. The number of nitrogens with zero attached hydrogens (tertiary/aromatic N) is 2. The maximum Gasteiger partial charge on any atom is 0.276 e. The molecule has 0 bridgehead atoms. The molecule has 0 aliphatic rings. The van der Waals surface area contributed by atoms with Gasteiger partial charge in [-0.1, -0.05) is 12.1 Å². The van der Waals surface area contributed by atoms with E-state index in [1.807, 2.05) is 0 Å². The van der Waals surface area contributed by atoms with Crippen LogP contribution >= 0.6 is 0 Å².